The summed E-state index contributed by atoms with van der Waals surface area (Å²) in [6, 6.07) is 8.50. The highest BCUT2D eigenvalue weighted by Gasteiger charge is 2.10. The van der Waals surface area contributed by atoms with Crippen LogP contribution in [0.25, 0.3) is 0 Å². The van der Waals surface area contributed by atoms with Gasteiger partial charge in [0.25, 0.3) is 0 Å². The average molecular weight is 290 g/mol. The molecule has 0 aliphatic carbocycles. The van der Waals surface area contributed by atoms with Crippen molar-refractivity contribution < 1.29 is 4.74 Å². The van der Waals surface area contributed by atoms with Crippen LogP contribution in [0.4, 0.5) is 0 Å². The third kappa shape index (κ3) is 6.06. The van der Waals surface area contributed by atoms with Crippen LogP contribution in [0.3, 0.4) is 0 Å². The summed E-state index contributed by atoms with van der Waals surface area (Å²) >= 11 is 0. The summed E-state index contributed by atoms with van der Waals surface area (Å²) in [5.74, 6) is 1.08. The Morgan fingerprint density at radius 1 is 1.10 bits per heavy atom. The lowest BCUT2D eigenvalue weighted by molar-refractivity contribution is 0.182. The number of likely N-dealkylation sites (tertiary alicyclic amines) is 1. The number of piperidine rings is 1. The maximum Gasteiger partial charge on any atom is 0.122 e. The van der Waals surface area contributed by atoms with Gasteiger partial charge in [-0.05, 0) is 71.0 Å². The molecule has 3 heteroatoms. The van der Waals surface area contributed by atoms with E-state index in [0.717, 1.165) is 31.9 Å². The maximum atomic E-state index is 6.04. The Labute approximate surface area is 129 Å². The highest BCUT2D eigenvalue weighted by Crippen LogP contribution is 2.20. The van der Waals surface area contributed by atoms with Crippen LogP contribution in [-0.2, 0) is 6.42 Å². The normalized spacial score (nSPS) is 16.3. The molecular weight excluding hydrogens is 260 g/mol. The molecule has 0 amide bonds. The van der Waals surface area contributed by atoms with Gasteiger partial charge in [0.15, 0.2) is 0 Å². The van der Waals surface area contributed by atoms with Gasteiger partial charge in [-0.15, -0.1) is 0 Å². The molecule has 21 heavy (non-hydrogen) atoms. The molecule has 2 rings (SSSR count). The fraction of sp³-hybridized carbons (Fsp3) is 0.667. The molecule has 3 nitrogen and oxygen atoms in total. The number of rotatable bonds is 8. The maximum absolute atomic E-state index is 6.04. The molecule has 0 atom stereocenters. The predicted octanol–water partition coefficient (Wildman–Crippen LogP) is 3.05. The van der Waals surface area contributed by atoms with Gasteiger partial charge < -0.3 is 9.64 Å². The molecule has 1 aromatic carbocycles. The summed E-state index contributed by atoms with van der Waals surface area (Å²) in [6.07, 6.45) is 6.37. The Bertz CT molecular complexity index is 400. The van der Waals surface area contributed by atoms with Crippen molar-refractivity contribution in [3.63, 3.8) is 0 Å². The quantitative estimate of drug-likeness (QED) is 0.732. The Balaban J connectivity index is 1.76. The first-order chi connectivity index (χ1) is 10.3. The molecule has 0 spiro atoms. The van der Waals surface area contributed by atoms with Crippen LogP contribution in [0.2, 0.25) is 0 Å². The molecule has 0 radical (unpaired) electrons. The lowest BCUT2D eigenvalue weighted by Crippen LogP contribution is -2.33. The van der Waals surface area contributed by atoms with Gasteiger partial charge in [0.05, 0.1) is 0 Å². The summed E-state index contributed by atoms with van der Waals surface area (Å²) in [6.45, 7) is 5.49. The van der Waals surface area contributed by atoms with Crippen LogP contribution >= 0.6 is 0 Å². The minimum absolute atomic E-state index is 0.810. The van der Waals surface area contributed by atoms with Gasteiger partial charge in [0, 0.05) is 6.54 Å². The van der Waals surface area contributed by atoms with Crippen molar-refractivity contribution in [2.45, 2.75) is 32.1 Å². The van der Waals surface area contributed by atoms with E-state index in [1.54, 1.807) is 0 Å². The minimum atomic E-state index is 0.810. The van der Waals surface area contributed by atoms with E-state index in [0.29, 0.717) is 0 Å². The van der Waals surface area contributed by atoms with Crippen molar-refractivity contribution in [2.24, 2.45) is 0 Å². The molecule has 1 aromatic rings. The predicted molar refractivity (Wildman–Crippen MR) is 89.1 cm³/mol. The van der Waals surface area contributed by atoms with E-state index in [-0.39, 0.29) is 0 Å². The molecular formula is C18H30N2O. The van der Waals surface area contributed by atoms with E-state index in [2.05, 4.69) is 48.2 Å². The lowest BCUT2D eigenvalue weighted by Gasteiger charge is -2.26. The van der Waals surface area contributed by atoms with Crippen LogP contribution in [-0.4, -0.2) is 56.7 Å². The molecule has 0 N–H and O–H groups in total. The SMILES string of the molecule is CN(C)CCCc1ccccc1OCCN1CCCCC1. The summed E-state index contributed by atoms with van der Waals surface area (Å²) in [4.78, 5) is 4.76. The number of benzene rings is 1. The Morgan fingerprint density at radius 2 is 1.86 bits per heavy atom. The zero-order valence-corrected chi connectivity index (χ0v) is 13.7. The lowest BCUT2D eigenvalue weighted by atomic mass is 10.1. The van der Waals surface area contributed by atoms with Crippen molar-refractivity contribution in [2.75, 3.05) is 46.9 Å². The van der Waals surface area contributed by atoms with Gasteiger partial charge in [-0.3, -0.25) is 4.90 Å². The van der Waals surface area contributed by atoms with Crippen molar-refractivity contribution in [1.82, 2.24) is 9.80 Å². The number of ether oxygens (including phenoxy) is 1. The van der Waals surface area contributed by atoms with Gasteiger partial charge in [0.1, 0.15) is 12.4 Å². The van der Waals surface area contributed by atoms with Crippen LogP contribution in [0.1, 0.15) is 31.2 Å². The molecule has 1 aliphatic rings. The molecule has 0 unspecified atom stereocenters. The third-order valence-corrected chi connectivity index (χ3v) is 4.14. The molecule has 0 aromatic heterocycles. The van der Waals surface area contributed by atoms with E-state index >= 15 is 0 Å². The van der Waals surface area contributed by atoms with Gasteiger partial charge in [-0.1, -0.05) is 24.6 Å². The Hall–Kier alpha value is -1.06. The van der Waals surface area contributed by atoms with Crippen molar-refractivity contribution in [3.05, 3.63) is 29.8 Å². The van der Waals surface area contributed by atoms with Gasteiger partial charge in [-0.2, -0.15) is 0 Å². The summed E-state index contributed by atoms with van der Waals surface area (Å²) in [7, 11) is 4.25. The molecule has 118 valence electrons. The number of aryl methyl sites for hydroxylation is 1. The number of hydrogen-bond donors (Lipinski definition) is 0. The summed E-state index contributed by atoms with van der Waals surface area (Å²) < 4.78 is 6.04. The monoisotopic (exact) mass is 290 g/mol. The van der Waals surface area contributed by atoms with Crippen LogP contribution in [0, 0.1) is 0 Å². The third-order valence-electron chi connectivity index (χ3n) is 4.14. The highest BCUT2D eigenvalue weighted by molar-refractivity contribution is 5.33. The first-order valence-corrected chi connectivity index (χ1v) is 8.33. The first-order valence-electron chi connectivity index (χ1n) is 8.33. The second-order valence-electron chi connectivity index (χ2n) is 6.27. The van der Waals surface area contributed by atoms with Crippen LogP contribution in [0.15, 0.2) is 24.3 Å². The first kappa shape index (κ1) is 16.3. The Kier molecular flexibility index (Phi) is 7.04. The van der Waals surface area contributed by atoms with Crippen molar-refractivity contribution in [3.8, 4) is 5.75 Å². The zero-order valence-electron chi connectivity index (χ0n) is 13.7. The zero-order chi connectivity index (χ0) is 14.9. The van der Waals surface area contributed by atoms with E-state index in [1.165, 1.54) is 44.3 Å². The number of para-hydroxylation sites is 1. The minimum Gasteiger partial charge on any atom is -0.492 e. The van der Waals surface area contributed by atoms with Gasteiger partial charge >= 0.3 is 0 Å². The van der Waals surface area contributed by atoms with Gasteiger partial charge in [0.2, 0.25) is 0 Å². The Morgan fingerprint density at radius 3 is 2.62 bits per heavy atom. The molecule has 1 heterocycles. The van der Waals surface area contributed by atoms with E-state index in [4.69, 9.17) is 4.74 Å². The highest BCUT2D eigenvalue weighted by atomic mass is 16.5. The smallest absolute Gasteiger partial charge is 0.122 e. The standard InChI is InChI=1S/C18H30N2O/c1-19(2)12-8-10-17-9-4-5-11-18(17)21-16-15-20-13-6-3-7-14-20/h4-5,9,11H,3,6-8,10,12-16H2,1-2H3. The average Bonchev–Trinajstić information content (AvgIpc) is 2.49. The molecule has 0 bridgehead atoms. The van der Waals surface area contributed by atoms with Crippen LogP contribution in [0.5, 0.6) is 5.75 Å². The number of hydrogen-bond acceptors (Lipinski definition) is 3. The largest absolute Gasteiger partial charge is 0.492 e. The van der Waals surface area contributed by atoms with Crippen molar-refractivity contribution >= 4 is 0 Å². The fourth-order valence-electron chi connectivity index (χ4n) is 2.90. The fourth-order valence-corrected chi connectivity index (χ4v) is 2.90. The second-order valence-corrected chi connectivity index (χ2v) is 6.27. The van der Waals surface area contributed by atoms with E-state index < -0.39 is 0 Å². The van der Waals surface area contributed by atoms with Crippen molar-refractivity contribution in [1.29, 1.82) is 0 Å². The molecule has 1 saturated heterocycles. The molecule has 1 aliphatic heterocycles. The van der Waals surface area contributed by atoms with E-state index in [1.807, 2.05) is 0 Å². The molecule has 1 fully saturated rings. The number of nitrogens with zero attached hydrogens (tertiary/aromatic N) is 2. The summed E-state index contributed by atoms with van der Waals surface area (Å²) in [5, 5.41) is 0. The van der Waals surface area contributed by atoms with Gasteiger partial charge in [-0.25, -0.2) is 0 Å². The molecule has 0 saturated carbocycles. The second kappa shape index (κ2) is 9.06. The van der Waals surface area contributed by atoms with E-state index in [9.17, 15) is 0 Å². The summed E-state index contributed by atoms with van der Waals surface area (Å²) in [5.41, 5.74) is 1.35. The van der Waals surface area contributed by atoms with Crippen LogP contribution < -0.4 is 4.74 Å². The topological polar surface area (TPSA) is 15.7 Å².